The van der Waals surface area contributed by atoms with E-state index < -0.39 is 0 Å². The van der Waals surface area contributed by atoms with Crippen molar-refractivity contribution >= 4 is 34.3 Å². The van der Waals surface area contributed by atoms with Gasteiger partial charge in [0.2, 0.25) is 11.8 Å². The summed E-state index contributed by atoms with van der Waals surface area (Å²) in [6.07, 6.45) is 0. The number of hydrogen-bond donors (Lipinski definition) is 1. The number of amides is 1. The predicted octanol–water partition coefficient (Wildman–Crippen LogP) is 2.97. The highest BCUT2D eigenvalue weighted by atomic mass is 32.2. The van der Waals surface area contributed by atoms with E-state index in [1.165, 1.54) is 11.8 Å². The maximum Gasteiger partial charge on any atom is 0.277 e. The summed E-state index contributed by atoms with van der Waals surface area (Å²) in [4.78, 5) is 16.6. The molecular formula is C15H14N4O2S. The molecule has 22 heavy (non-hydrogen) atoms. The molecule has 0 atom stereocenters. The van der Waals surface area contributed by atoms with Crippen molar-refractivity contribution in [3.05, 3.63) is 41.9 Å². The zero-order valence-corrected chi connectivity index (χ0v) is 13.0. The zero-order valence-electron chi connectivity index (χ0n) is 12.2. The van der Waals surface area contributed by atoms with Gasteiger partial charge in [-0.2, -0.15) is 0 Å². The minimum Gasteiger partial charge on any atom is -0.416 e. The van der Waals surface area contributed by atoms with Gasteiger partial charge < -0.3 is 9.73 Å². The lowest BCUT2D eigenvalue weighted by Gasteiger charge is -2.09. The van der Waals surface area contributed by atoms with Crippen LogP contribution in [0.2, 0.25) is 0 Å². The topological polar surface area (TPSA) is 80.9 Å². The number of pyridine rings is 1. The number of fused-ring (bicyclic) bond motifs is 1. The second-order valence-electron chi connectivity index (χ2n) is 4.75. The highest BCUT2D eigenvalue weighted by Crippen LogP contribution is 2.23. The fraction of sp³-hybridized carbons (Fsp3) is 0.200. The van der Waals surface area contributed by atoms with Crippen LogP contribution in [0.3, 0.4) is 0 Å². The molecule has 0 radical (unpaired) electrons. The Morgan fingerprint density at radius 3 is 2.86 bits per heavy atom. The first kappa shape index (κ1) is 14.5. The molecule has 2 aromatic heterocycles. The smallest absolute Gasteiger partial charge is 0.277 e. The second-order valence-corrected chi connectivity index (χ2v) is 5.68. The van der Waals surface area contributed by atoms with Crippen LogP contribution in [0.4, 0.5) is 5.69 Å². The number of aryl methyl sites for hydroxylation is 2. The normalized spacial score (nSPS) is 10.8. The second kappa shape index (κ2) is 6.15. The molecule has 0 aliphatic rings. The molecular weight excluding hydrogens is 300 g/mol. The van der Waals surface area contributed by atoms with Gasteiger partial charge in [-0.1, -0.05) is 30.0 Å². The first-order valence-corrected chi connectivity index (χ1v) is 7.69. The third kappa shape index (κ3) is 3.25. The molecule has 6 nitrogen and oxygen atoms in total. The largest absolute Gasteiger partial charge is 0.416 e. The van der Waals surface area contributed by atoms with Crippen LogP contribution in [-0.2, 0) is 4.79 Å². The molecule has 0 aliphatic heterocycles. The Bertz CT molecular complexity index is 831. The number of nitrogens with one attached hydrogen (secondary N) is 1. The Morgan fingerprint density at radius 2 is 2.09 bits per heavy atom. The minimum atomic E-state index is -0.128. The van der Waals surface area contributed by atoms with Crippen LogP contribution >= 0.6 is 11.8 Å². The number of carbonyl (C=O) groups is 1. The van der Waals surface area contributed by atoms with E-state index in [1.54, 1.807) is 6.92 Å². The third-order valence-corrected chi connectivity index (χ3v) is 3.77. The number of benzene rings is 1. The van der Waals surface area contributed by atoms with E-state index in [1.807, 2.05) is 37.3 Å². The van der Waals surface area contributed by atoms with Gasteiger partial charge in [-0.15, -0.1) is 10.2 Å². The van der Waals surface area contributed by atoms with E-state index in [-0.39, 0.29) is 11.7 Å². The maximum atomic E-state index is 12.1. The molecule has 0 bridgehead atoms. The summed E-state index contributed by atoms with van der Waals surface area (Å²) in [5.74, 6) is 0.562. The van der Waals surface area contributed by atoms with E-state index in [0.29, 0.717) is 11.1 Å². The van der Waals surface area contributed by atoms with E-state index >= 15 is 0 Å². The summed E-state index contributed by atoms with van der Waals surface area (Å²) in [6, 6.07) is 9.57. The lowest BCUT2D eigenvalue weighted by Crippen LogP contribution is -2.14. The molecule has 0 saturated heterocycles. The van der Waals surface area contributed by atoms with Crippen molar-refractivity contribution < 1.29 is 9.21 Å². The number of thioether (sulfide) groups is 1. The van der Waals surface area contributed by atoms with Crippen LogP contribution in [-0.4, -0.2) is 26.8 Å². The summed E-state index contributed by atoms with van der Waals surface area (Å²) in [5.41, 5.74) is 2.47. The lowest BCUT2D eigenvalue weighted by molar-refractivity contribution is -0.113. The Balaban J connectivity index is 1.73. The van der Waals surface area contributed by atoms with Crippen molar-refractivity contribution in [3.8, 4) is 0 Å². The molecule has 1 amide bonds. The summed E-state index contributed by atoms with van der Waals surface area (Å²) >= 11 is 1.21. The number of hydrogen-bond acceptors (Lipinski definition) is 6. The van der Waals surface area contributed by atoms with Crippen LogP contribution in [0.5, 0.6) is 0 Å². The Hall–Kier alpha value is -2.41. The van der Waals surface area contributed by atoms with Crippen LogP contribution in [0, 0.1) is 13.8 Å². The first-order chi connectivity index (χ1) is 10.6. The number of carbonyl (C=O) groups excluding carboxylic acids is 1. The third-order valence-electron chi connectivity index (χ3n) is 2.95. The Labute approximate surface area is 131 Å². The predicted molar refractivity (Wildman–Crippen MR) is 84.9 cm³/mol. The molecule has 0 spiro atoms. The molecule has 2 heterocycles. The van der Waals surface area contributed by atoms with E-state index in [2.05, 4.69) is 20.5 Å². The van der Waals surface area contributed by atoms with E-state index in [4.69, 9.17) is 4.42 Å². The van der Waals surface area contributed by atoms with Crippen molar-refractivity contribution in [2.45, 2.75) is 19.1 Å². The van der Waals surface area contributed by atoms with Gasteiger partial charge >= 0.3 is 0 Å². The van der Waals surface area contributed by atoms with Crippen LogP contribution in [0.1, 0.15) is 11.6 Å². The monoisotopic (exact) mass is 314 g/mol. The van der Waals surface area contributed by atoms with Gasteiger partial charge in [0.05, 0.1) is 17.0 Å². The molecule has 7 heteroatoms. The zero-order chi connectivity index (χ0) is 15.5. The van der Waals surface area contributed by atoms with Crippen molar-refractivity contribution in [2.75, 3.05) is 11.1 Å². The number of anilines is 1. The summed E-state index contributed by atoms with van der Waals surface area (Å²) in [5, 5.41) is 11.8. The Kier molecular flexibility index (Phi) is 4.06. The lowest BCUT2D eigenvalue weighted by atomic mass is 10.1. The molecule has 0 unspecified atom stereocenters. The van der Waals surface area contributed by atoms with Gasteiger partial charge in [-0.25, -0.2) is 0 Å². The molecule has 0 aliphatic carbocycles. The molecule has 3 rings (SSSR count). The van der Waals surface area contributed by atoms with Gasteiger partial charge in [0.1, 0.15) is 0 Å². The van der Waals surface area contributed by atoms with Crippen molar-refractivity contribution in [2.24, 2.45) is 0 Å². The van der Waals surface area contributed by atoms with Crippen LogP contribution < -0.4 is 5.32 Å². The van der Waals surface area contributed by atoms with Crippen molar-refractivity contribution in [1.82, 2.24) is 15.2 Å². The number of para-hydroxylation sites is 1. The fourth-order valence-corrected chi connectivity index (χ4v) is 2.67. The number of nitrogens with zero attached hydrogens (tertiary/aromatic N) is 3. The molecule has 1 aromatic carbocycles. The van der Waals surface area contributed by atoms with Gasteiger partial charge in [0, 0.05) is 18.0 Å². The quantitative estimate of drug-likeness (QED) is 0.746. The van der Waals surface area contributed by atoms with Gasteiger partial charge in [-0.3, -0.25) is 9.78 Å². The summed E-state index contributed by atoms with van der Waals surface area (Å²) in [7, 11) is 0. The van der Waals surface area contributed by atoms with Gasteiger partial charge in [-0.05, 0) is 19.1 Å². The highest BCUT2D eigenvalue weighted by Gasteiger charge is 2.10. The van der Waals surface area contributed by atoms with Crippen molar-refractivity contribution in [3.63, 3.8) is 0 Å². The van der Waals surface area contributed by atoms with Crippen LogP contribution in [0.15, 0.2) is 40.0 Å². The molecule has 1 N–H and O–H groups in total. The SMILES string of the molecule is Cc1cc(NC(=O)CSc2nnc(C)o2)c2ccccc2n1. The molecule has 3 aromatic rings. The fourth-order valence-electron chi connectivity index (χ4n) is 2.06. The highest BCUT2D eigenvalue weighted by molar-refractivity contribution is 7.99. The van der Waals surface area contributed by atoms with E-state index in [0.717, 1.165) is 22.3 Å². The minimum absolute atomic E-state index is 0.128. The molecule has 0 saturated carbocycles. The maximum absolute atomic E-state index is 12.1. The Morgan fingerprint density at radius 1 is 1.27 bits per heavy atom. The van der Waals surface area contributed by atoms with Gasteiger partial charge in [0.25, 0.3) is 5.22 Å². The van der Waals surface area contributed by atoms with Crippen LogP contribution in [0.25, 0.3) is 10.9 Å². The summed E-state index contributed by atoms with van der Waals surface area (Å²) < 4.78 is 5.22. The van der Waals surface area contributed by atoms with E-state index in [9.17, 15) is 4.79 Å². The average molecular weight is 314 g/mol. The average Bonchev–Trinajstić information content (AvgIpc) is 2.91. The van der Waals surface area contributed by atoms with Gasteiger partial charge in [0.15, 0.2) is 0 Å². The molecule has 112 valence electrons. The summed E-state index contributed by atoms with van der Waals surface area (Å²) in [6.45, 7) is 3.61. The first-order valence-electron chi connectivity index (χ1n) is 6.71. The number of rotatable bonds is 4. The van der Waals surface area contributed by atoms with Crippen molar-refractivity contribution in [1.29, 1.82) is 0 Å². The number of aromatic nitrogens is 3. The standard InChI is InChI=1S/C15H14N4O2S/c1-9-7-13(11-5-3-4-6-12(11)16-9)17-14(20)8-22-15-19-18-10(2)21-15/h3-7H,8H2,1-2H3,(H,16,17,20). The molecule has 0 fully saturated rings.